The van der Waals surface area contributed by atoms with Gasteiger partial charge in [-0.2, -0.15) is 0 Å². The zero-order valence-corrected chi connectivity index (χ0v) is 24.1. The highest BCUT2D eigenvalue weighted by molar-refractivity contribution is 8.76. The molecule has 3 aliphatic carbocycles. The van der Waals surface area contributed by atoms with Crippen LogP contribution in [-0.2, 0) is 4.79 Å². The summed E-state index contributed by atoms with van der Waals surface area (Å²) in [6, 6.07) is 0. The second-order valence-electron chi connectivity index (χ2n) is 12.6. The molecule has 0 radical (unpaired) electrons. The van der Waals surface area contributed by atoms with E-state index in [0.717, 1.165) is 56.6 Å². The number of rotatable bonds is 6. The number of nitrogens with zero attached hydrogens (tertiary/aromatic N) is 1. The molecule has 5 aliphatic rings. The molecule has 202 valence electrons. The Balaban J connectivity index is 1.48. The Hall–Kier alpha value is -0.660. The van der Waals surface area contributed by atoms with Crippen molar-refractivity contribution in [1.29, 1.82) is 0 Å². The number of aliphatic hydroxyl groups is 1. The first-order chi connectivity index (χ1) is 17.4. The van der Waals surface area contributed by atoms with Crippen molar-refractivity contribution >= 4 is 33.3 Å². The fourth-order valence-corrected chi connectivity index (χ4v) is 11.9. The van der Waals surface area contributed by atoms with Gasteiger partial charge in [0, 0.05) is 36.5 Å². The molecule has 5 nitrogen and oxygen atoms in total. The van der Waals surface area contributed by atoms with Gasteiger partial charge in [0.2, 0.25) is 0 Å². The quantitative estimate of drug-likeness (QED) is 0.292. The molecule has 0 saturated heterocycles. The lowest BCUT2D eigenvalue weighted by Gasteiger charge is -2.57. The van der Waals surface area contributed by atoms with Crippen molar-refractivity contribution in [2.75, 3.05) is 24.7 Å². The molecule has 0 aromatic heterocycles. The number of Topliss-reactive ketones (excluding diaryl/α,β-unsaturated/α-hetero) is 1. The smallest absolute Gasteiger partial charge is 0.189 e. The lowest BCUT2D eigenvalue weighted by Crippen LogP contribution is -2.56. The molecule has 0 aromatic carbocycles. The van der Waals surface area contributed by atoms with E-state index in [9.17, 15) is 9.90 Å². The molecule has 36 heavy (non-hydrogen) atoms. The van der Waals surface area contributed by atoms with E-state index in [4.69, 9.17) is 5.73 Å². The van der Waals surface area contributed by atoms with Gasteiger partial charge >= 0.3 is 0 Å². The van der Waals surface area contributed by atoms with E-state index in [0.29, 0.717) is 35.9 Å². The van der Waals surface area contributed by atoms with Crippen molar-refractivity contribution in [3.8, 4) is 0 Å². The Morgan fingerprint density at radius 1 is 1.19 bits per heavy atom. The van der Waals surface area contributed by atoms with E-state index in [1.807, 2.05) is 21.6 Å². The monoisotopic (exact) mass is 533 g/mol. The summed E-state index contributed by atoms with van der Waals surface area (Å²) in [4.78, 5) is 18.2. The Labute approximate surface area is 226 Å². The van der Waals surface area contributed by atoms with Gasteiger partial charge in [-0.05, 0) is 80.1 Å². The minimum absolute atomic E-state index is 0.00920. The van der Waals surface area contributed by atoms with Crippen LogP contribution in [0.15, 0.2) is 16.1 Å². The van der Waals surface area contributed by atoms with Crippen LogP contribution in [-0.4, -0.2) is 47.0 Å². The van der Waals surface area contributed by atoms with Gasteiger partial charge < -0.3 is 16.2 Å². The minimum Gasteiger partial charge on any atom is -0.396 e. The molecule has 0 amide bonds. The first-order valence-corrected chi connectivity index (χ1v) is 17.1. The average Bonchev–Trinajstić information content (AvgIpc) is 3.18. The van der Waals surface area contributed by atoms with Gasteiger partial charge in [0.05, 0.1) is 5.54 Å². The summed E-state index contributed by atoms with van der Waals surface area (Å²) < 4.78 is 0. The summed E-state index contributed by atoms with van der Waals surface area (Å²) in [6.07, 6.45) is 14.3. The van der Waals surface area contributed by atoms with E-state index in [1.165, 1.54) is 44.1 Å². The minimum atomic E-state index is -0.0148. The van der Waals surface area contributed by atoms with Gasteiger partial charge in [-0.1, -0.05) is 66.7 Å². The maximum absolute atomic E-state index is 13.8. The van der Waals surface area contributed by atoms with Crippen molar-refractivity contribution in [1.82, 2.24) is 5.32 Å². The van der Waals surface area contributed by atoms with Gasteiger partial charge in [0.1, 0.15) is 0 Å². The number of hydrogen-bond acceptors (Lipinski definition) is 7. The maximum atomic E-state index is 13.8. The lowest BCUT2D eigenvalue weighted by atomic mass is 9.47. The summed E-state index contributed by atoms with van der Waals surface area (Å²) in [5.74, 6) is 4.57. The highest BCUT2D eigenvalue weighted by Crippen LogP contribution is 2.75. The molecule has 5 rings (SSSR count). The molecule has 6 atom stereocenters. The van der Waals surface area contributed by atoms with Crippen LogP contribution in [0.3, 0.4) is 0 Å². The summed E-state index contributed by atoms with van der Waals surface area (Å²) in [5, 5.41) is 14.1. The molecule has 2 spiro atoms. The Bertz CT molecular complexity index is 907. The number of aliphatic hydroxyl groups excluding tert-OH is 1. The SMILES string of the molecule is CCCCCCC1C(CO)CC2CC3=C4CCCC5(CCN=C(N)N5)CSSCCC2(C)C31CC4=O. The standard InChI is InChI=1S/C29H47N3O2S2/c1-3-4-5-6-9-23-20(18-33)15-21-16-24-22-8-7-10-28(11-13-31-26(30)32-28)19-36-35-14-12-27(21,2)29(23,24)17-25(22)34/h20-21,23,33H,3-19H2,1-2H3,(H3,30,31,32). The third kappa shape index (κ3) is 4.47. The van der Waals surface area contributed by atoms with Gasteiger partial charge in [0.25, 0.3) is 0 Å². The number of hydrogen-bond donors (Lipinski definition) is 3. The molecule has 7 heteroatoms. The molecule has 2 aliphatic heterocycles. The molecular weight excluding hydrogens is 486 g/mol. The first-order valence-electron chi connectivity index (χ1n) is 14.6. The van der Waals surface area contributed by atoms with Crippen LogP contribution < -0.4 is 11.1 Å². The third-order valence-corrected chi connectivity index (χ3v) is 13.5. The number of unbranched alkanes of at least 4 members (excludes halogenated alkanes) is 3. The van der Waals surface area contributed by atoms with Crippen molar-refractivity contribution in [2.24, 2.45) is 39.3 Å². The molecule has 2 saturated carbocycles. The van der Waals surface area contributed by atoms with Gasteiger partial charge in [-0.25, -0.2) is 0 Å². The van der Waals surface area contributed by atoms with Crippen molar-refractivity contribution in [3.63, 3.8) is 0 Å². The van der Waals surface area contributed by atoms with Crippen molar-refractivity contribution in [3.05, 3.63) is 11.1 Å². The second kappa shape index (κ2) is 10.8. The van der Waals surface area contributed by atoms with Crippen molar-refractivity contribution < 1.29 is 9.90 Å². The van der Waals surface area contributed by atoms with Crippen LogP contribution in [0, 0.1) is 28.6 Å². The maximum Gasteiger partial charge on any atom is 0.189 e. The summed E-state index contributed by atoms with van der Waals surface area (Å²) in [7, 11) is 4.02. The van der Waals surface area contributed by atoms with Gasteiger partial charge in [-0.15, -0.1) is 0 Å². The number of nitrogens with two attached hydrogens (primary N) is 1. The number of carbonyl (C=O) groups excluding carboxylic acids is 1. The fourth-order valence-electron chi connectivity index (χ4n) is 9.04. The van der Waals surface area contributed by atoms with Gasteiger partial charge in [-0.3, -0.25) is 9.79 Å². The average molecular weight is 534 g/mol. The van der Waals surface area contributed by atoms with Crippen LogP contribution in [0.25, 0.3) is 0 Å². The largest absolute Gasteiger partial charge is 0.396 e. The molecule has 4 N–H and O–H groups in total. The highest BCUT2D eigenvalue weighted by atomic mass is 33.1. The van der Waals surface area contributed by atoms with E-state index >= 15 is 0 Å². The summed E-state index contributed by atoms with van der Waals surface area (Å²) in [5.41, 5.74) is 9.00. The molecule has 2 heterocycles. The second-order valence-corrected chi connectivity index (χ2v) is 15.2. The van der Waals surface area contributed by atoms with Crippen LogP contribution in [0.5, 0.6) is 0 Å². The summed E-state index contributed by atoms with van der Waals surface area (Å²) >= 11 is 0. The topological polar surface area (TPSA) is 87.7 Å². The normalized spacial score (nSPS) is 40.9. The predicted molar refractivity (Wildman–Crippen MR) is 153 cm³/mol. The van der Waals surface area contributed by atoms with E-state index in [-0.39, 0.29) is 23.0 Å². The van der Waals surface area contributed by atoms with Crippen molar-refractivity contribution in [2.45, 2.75) is 103 Å². The Morgan fingerprint density at radius 2 is 2.06 bits per heavy atom. The Kier molecular flexibility index (Phi) is 8.11. The molecule has 6 unspecified atom stereocenters. The van der Waals surface area contributed by atoms with Gasteiger partial charge in [0.15, 0.2) is 11.7 Å². The van der Waals surface area contributed by atoms with Crippen LogP contribution in [0.2, 0.25) is 0 Å². The van der Waals surface area contributed by atoms with Crippen LogP contribution in [0.4, 0.5) is 0 Å². The van der Waals surface area contributed by atoms with E-state index < -0.39 is 0 Å². The number of aliphatic imine (C=N–C) groups is 1. The third-order valence-electron chi connectivity index (χ3n) is 10.9. The Morgan fingerprint density at radius 3 is 2.83 bits per heavy atom. The number of ketones is 1. The zero-order valence-electron chi connectivity index (χ0n) is 22.4. The zero-order chi connectivity index (χ0) is 25.4. The number of guanidine groups is 1. The molecule has 0 aromatic rings. The number of carbonyl (C=O) groups is 1. The summed E-state index contributed by atoms with van der Waals surface area (Å²) in [6.45, 7) is 5.89. The number of allylic oxidation sites excluding steroid dienone is 2. The lowest BCUT2D eigenvalue weighted by molar-refractivity contribution is -0.125. The molecular formula is C29H47N3O2S2. The highest BCUT2D eigenvalue weighted by Gasteiger charge is 2.69. The number of nitrogens with one attached hydrogen (secondary N) is 1. The predicted octanol–water partition coefficient (Wildman–Crippen LogP) is 5.87. The first kappa shape index (κ1) is 26.9. The molecule has 5 bridgehead atoms. The van der Waals surface area contributed by atoms with E-state index in [2.05, 4.69) is 24.2 Å². The van der Waals surface area contributed by atoms with E-state index in [1.54, 1.807) is 5.57 Å². The molecule has 2 fully saturated rings. The van der Waals surface area contributed by atoms with Crippen LogP contribution in [0.1, 0.15) is 97.3 Å². The fraction of sp³-hybridized carbons (Fsp3) is 0.862. The van der Waals surface area contributed by atoms with Crippen LogP contribution >= 0.6 is 21.6 Å².